The summed E-state index contributed by atoms with van der Waals surface area (Å²) in [6.45, 7) is 6.07. The number of carbonyl (C=O) groups excluding carboxylic acids is 1. The second-order valence-corrected chi connectivity index (χ2v) is 3.02. The maximum atomic E-state index is 10.8. The first-order valence-corrected chi connectivity index (χ1v) is 3.55. The third-order valence-corrected chi connectivity index (χ3v) is 2.15. The van der Waals surface area contributed by atoms with Crippen molar-refractivity contribution in [1.82, 2.24) is 0 Å². The minimum atomic E-state index is 0.419. The Labute approximate surface area is 56.4 Å². The van der Waals surface area contributed by atoms with Gasteiger partial charge in [-0.3, -0.25) is 4.79 Å². The van der Waals surface area contributed by atoms with Gasteiger partial charge in [0, 0.05) is 12.8 Å². The van der Waals surface area contributed by atoms with E-state index >= 15 is 0 Å². The van der Waals surface area contributed by atoms with Crippen molar-refractivity contribution in [2.45, 2.75) is 26.2 Å². The van der Waals surface area contributed by atoms with Gasteiger partial charge in [-0.05, 0) is 0 Å². The molecule has 0 aromatic heterocycles. The summed E-state index contributed by atoms with van der Waals surface area (Å²) in [6.07, 6.45) is 2.52. The van der Waals surface area contributed by atoms with E-state index in [0.717, 1.165) is 19.3 Å². The first-order valence-electron chi connectivity index (χ1n) is 3.55. The normalized spacial score (nSPS) is 36.9. The van der Waals surface area contributed by atoms with Gasteiger partial charge in [-0.2, -0.15) is 5.92 Å². The molecule has 1 aliphatic carbocycles. The highest BCUT2D eigenvalue weighted by molar-refractivity contribution is 5.79. The van der Waals surface area contributed by atoms with Crippen LogP contribution in [-0.2, 0) is 4.79 Å². The van der Waals surface area contributed by atoms with Gasteiger partial charge < -0.3 is 6.92 Å². The molecule has 1 nitrogen and oxygen atoms in total. The first kappa shape index (κ1) is 6.79. The summed E-state index contributed by atoms with van der Waals surface area (Å²) >= 11 is 0. The Morgan fingerprint density at radius 1 is 1.67 bits per heavy atom. The predicted octanol–water partition coefficient (Wildman–Crippen LogP) is 1.83. The number of hydrogen-bond acceptors (Lipinski definition) is 1. The lowest BCUT2D eigenvalue weighted by atomic mass is 9.81. The lowest BCUT2D eigenvalue weighted by molar-refractivity contribution is -0.122. The molecule has 0 N–H and O–H groups in total. The van der Waals surface area contributed by atoms with Gasteiger partial charge in [-0.25, -0.2) is 0 Å². The van der Waals surface area contributed by atoms with E-state index in [4.69, 9.17) is 0 Å². The largest absolute Gasteiger partial charge is 0.340 e. The zero-order chi connectivity index (χ0) is 6.85. The second-order valence-electron chi connectivity index (χ2n) is 3.02. The minimum Gasteiger partial charge on any atom is -0.340 e. The molecule has 0 saturated heterocycles. The molecule has 1 heteroatoms. The van der Waals surface area contributed by atoms with Crippen LogP contribution in [0.2, 0.25) is 0 Å². The van der Waals surface area contributed by atoms with Crippen LogP contribution in [0.3, 0.4) is 0 Å². The summed E-state index contributed by atoms with van der Waals surface area (Å²) in [5, 5.41) is 0. The molecule has 0 aromatic carbocycles. The summed E-state index contributed by atoms with van der Waals surface area (Å²) in [6, 6.07) is 0. The van der Waals surface area contributed by atoms with Gasteiger partial charge in [0.25, 0.3) is 0 Å². The number of ketones is 1. The highest BCUT2D eigenvalue weighted by Crippen LogP contribution is 2.25. The molecule has 0 aromatic rings. The van der Waals surface area contributed by atoms with Crippen molar-refractivity contribution in [3.63, 3.8) is 0 Å². The molecule has 1 rings (SSSR count). The van der Waals surface area contributed by atoms with E-state index in [1.165, 1.54) is 0 Å². The minimum absolute atomic E-state index is 0.419. The molecule has 2 unspecified atom stereocenters. The van der Waals surface area contributed by atoms with Crippen LogP contribution in [0.5, 0.6) is 0 Å². The zero-order valence-electron chi connectivity index (χ0n) is 5.89. The Hall–Kier alpha value is -0.330. The van der Waals surface area contributed by atoms with E-state index in [1.807, 2.05) is 0 Å². The average molecular weight is 125 g/mol. The fourth-order valence-electron chi connectivity index (χ4n) is 1.26. The van der Waals surface area contributed by atoms with E-state index in [1.54, 1.807) is 0 Å². The molecule has 0 spiro atoms. The molecule has 52 valence electrons. The third-order valence-electron chi connectivity index (χ3n) is 2.15. The van der Waals surface area contributed by atoms with Crippen LogP contribution in [-0.4, -0.2) is 5.78 Å². The monoisotopic (exact) mass is 125 g/mol. The van der Waals surface area contributed by atoms with Gasteiger partial charge in [0.2, 0.25) is 0 Å². The molecule has 0 bridgehead atoms. The van der Waals surface area contributed by atoms with Crippen LogP contribution in [0, 0.1) is 18.8 Å². The SMILES string of the molecule is [CH2-]C1CCC(=O)CC1C. The van der Waals surface area contributed by atoms with E-state index in [0.29, 0.717) is 17.6 Å². The Morgan fingerprint density at radius 3 is 2.78 bits per heavy atom. The van der Waals surface area contributed by atoms with Crippen molar-refractivity contribution in [1.29, 1.82) is 0 Å². The van der Waals surface area contributed by atoms with Gasteiger partial charge in [0.1, 0.15) is 5.78 Å². The molecule has 2 atom stereocenters. The Morgan fingerprint density at radius 2 is 2.33 bits per heavy atom. The molecule has 1 saturated carbocycles. The van der Waals surface area contributed by atoms with Gasteiger partial charge >= 0.3 is 0 Å². The van der Waals surface area contributed by atoms with Gasteiger partial charge in [-0.1, -0.05) is 19.3 Å². The van der Waals surface area contributed by atoms with Gasteiger partial charge in [0.05, 0.1) is 0 Å². The van der Waals surface area contributed by atoms with Crippen molar-refractivity contribution in [3.8, 4) is 0 Å². The van der Waals surface area contributed by atoms with Gasteiger partial charge in [-0.15, -0.1) is 0 Å². The van der Waals surface area contributed by atoms with Crippen LogP contribution >= 0.6 is 0 Å². The summed E-state index contributed by atoms with van der Waals surface area (Å²) in [7, 11) is 0. The lowest BCUT2D eigenvalue weighted by Gasteiger charge is -2.29. The highest BCUT2D eigenvalue weighted by Gasteiger charge is 2.17. The zero-order valence-corrected chi connectivity index (χ0v) is 5.89. The standard InChI is InChI=1S/C8H13O/c1-6-3-4-8(9)5-7(6)2/h6-7H,1,3-5H2,2H3/q-1. The van der Waals surface area contributed by atoms with Crippen molar-refractivity contribution in [3.05, 3.63) is 6.92 Å². The van der Waals surface area contributed by atoms with Crippen molar-refractivity contribution >= 4 is 5.78 Å². The van der Waals surface area contributed by atoms with E-state index in [9.17, 15) is 4.79 Å². The maximum Gasteiger partial charge on any atom is 0.133 e. The molecule has 0 heterocycles. The smallest absolute Gasteiger partial charge is 0.133 e. The lowest BCUT2D eigenvalue weighted by Crippen LogP contribution is -2.20. The second kappa shape index (κ2) is 2.51. The average Bonchev–Trinajstić information content (AvgIpc) is 1.80. The van der Waals surface area contributed by atoms with E-state index < -0.39 is 0 Å². The Bertz CT molecular complexity index is 118. The van der Waals surface area contributed by atoms with Crippen LogP contribution in [0.4, 0.5) is 0 Å². The number of hydrogen-bond donors (Lipinski definition) is 0. The third kappa shape index (κ3) is 1.54. The van der Waals surface area contributed by atoms with Crippen molar-refractivity contribution in [2.75, 3.05) is 0 Å². The Kier molecular flexibility index (Phi) is 1.89. The van der Waals surface area contributed by atoms with Crippen LogP contribution in [0.15, 0.2) is 0 Å². The summed E-state index contributed by atoms with van der Waals surface area (Å²) < 4.78 is 0. The summed E-state index contributed by atoms with van der Waals surface area (Å²) in [5.74, 6) is 1.45. The number of carbonyl (C=O) groups is 1. The first-order chi connectivity index (χ1) is 4.20. The molecule has 1 fully saturated rings. The summed E-state index contributed by atoms with van der Waals surface area (Å²) in [4.78, 5) is 10.8. The summed E-state index contributed by atoms with van der Waals surface area (Å²) in [5.41, 5.74) is 0. The highest BCUT2D eigenvalue weighted by atomic mass is 16.1. The van der Waals surface area contributed by atoms with Crippen LogP contribution in [0.25, 0.3) is 0 Å². The molecule has 0 radical (unpaired) electrons. The van der Waals surface area contributed by atoms with Crippen LogP contribution < -0.4 is 0 Å². The number of Topliss-reactive ketones (excluding diaryl/α,β-unsaturated/α-hetero) is 1. The van der Waals surface area contributed by atoms with E-state index in [2.05, 4.69) is 13.8 Å². The fourth-order valence-corrected chi connectivity index (χ4v) is 1.26. The van der Waals surface area contributed by atoms with Crippen molar-refractivity contribution < 1.29 is 4.79 Å². The molecular formula is C8H13O-. The maximum absolute atomic E-state index is 10.8. The molecule has 1 aliphatic rings. The number of rotatable bonds is 0. The molecule has 0 aliphatic heterocycles. The molecular weight excluding hydrogens is 112 g/mol. The Balaban J connectivity index is 2.44. The van der Waals surface area contributed by atoms with Crippen molar-refractivity contribution in [2.24, 2.45) is 11.8 Å². The fraction of sp³-hybridized carbons (Fsp3) is 0.750. The van der Waals surface area contributed by atoms with Gasteiger partial charge in [0.15, 0.2) is 0 Å². The topological polar surface area (TPSA) is 17.1 Å². The molecule has 0 amide bonds. The van der Waals surface area contributed by atoms with E-state index in [-0.39, 0.29) is 0 Å². The van der Waals surface area contributed by atoms with Crippen LogP contribution in [0.1, 0.15) is 26.2 Å². The quantitative estimate of drug-likeness (QED) is 0.451. The predicted molar refractivity (Wildman–Crippen MR) is 36.9 cm³/mol. The molecule has 9 heavy (non-hydrogen) atoms.